The van der Waals surface area contributed by atoms with E-state index in [1.807, 2.05) is 78.9 Å². The molecule has 0 aliphatic heterocycles. The zero-order valence-electron chi connectivity index (χ0n) is 16.5. The Kier molecular flexibility index (Phi) is 5.99. The SMILES string of the molecule is CC(C)(C)c1ccc(OCC(=O)Nc2ccc(Nc3ccccc3)cc2)cc1. The number of ether oxygens (including phenoxy) is 1. The summed E-state index contributed by atoms with van der Waals surface area (Å²) in [4.78, 5) is 12.1. The summed E-state index contributed by atoms with van der Waals surface area (Å²) in [6.07, 6.45) is 0. The summed E-state index contributed by atoms with van der Waals surface area (Å²) in [6, 6.07) is 25.4. The maximum Gasteiger partial charge on any atom is 0.262 e. The smallest absolute Gasteiger partial charge is 0.262 e. The largest absolute Gasteiger partial charge is 0.484 e. The molecule has 0 aromatic heterocycles. The van der Waals surface area contributed by atoms with E-state index in [0.717, 1.165) is 17.1 Å². The number of rotatable bonds is 6. The minimum atomic E-state index is -0.191. The highest BCUT2D eigenvalue weighted by Gasteiger charge is 2.13. The highest BCUT2D eigenvalue weighted by Crippen LogP contribution is 2.24. The van der Waals surface area contributed by atoms with Gasteiger partial charge >= 0.3 is 0 Å². The number of hydrogen-bond acceptors (Lipinski definition) is 3. The number of carbonyl (C=O) groups excluding carboxylic acids is 1. The molecule has 0 unspecified atom stereocenters. The van der Waals surface area contributed by atoms with Crippen LogP contribution in [-0.4, -0.2) is 12.5 Å². The molecule has 2 N–H and O–H groups in total. The molecule has 0 aliphatic rings. The van der Waals surface area contributed by atoms with E-state index in [9.17, 15) is 4.79 Å². The molecule has 3 aromatic rings. The minimum Gasteiger partial charge on any atom is -0.484 e. The Balaban J connectivity index is 1.49. The van der Waals surface area contributed by atoms with Crippen LogP contribution in [0.15, 0.2) is 78.9 Å². The second-order valence-electron chi connectivity index (χ2n) is 7.68. The Morgan fingerprint density at radius 1 is 0.786 bits per heavy atom. The summed E-state index contributed by atoms with van der Waals surface area (Å²) in [5.74, 6) is 0.495. The average molecular weight is 374 g/mol. The van der Waals surface area contributed by atoms with Gasteiger partial charge in [0.2, 0.25) is 0 Å². The molecule has 28 heavy (non-hydrogen) atoms. The third-order valence-electron chi connectivity index (χ3n) is 4.32. The van der Waals surface area contributed by atoms with E-state index in [1.54, 1.807) is 0 Å². The number of hydrogen-bond donors (Lipinski definition) is 2. The van der Waals surface area contributed by atoms with E-state index in [2.05, 4.69) is 31.4 Å². The first kappa shape index (κ1) is 19.5. The van der Waals surface area contributed by atoms with Crippen LogP contribution in [0.3, 0.4) is 0 Å². The Bertz CT molecular complexity index is 896. The van der Waals surface area contributed by atoms with Crippen molar-refractivity contribution in [2.75, 3.05) is 17.2 Å². The van der Waals surface area contributed by atoms with Crippen LogP contribution in [0.2, 0.25) is 0 Å². The summed E-state index contributed by atoms with van der Waals surface area (Å²) >= 11 is 0. The predicted octanol–water partition coefficient (Wildman–Crippen LogP) is 5.75. The Morgan fingerprint density at radius 3 is 1.96 bits per heavy atom. The summed E-state index contributed by atoms with van der Waals surface area (Å²) < 4.78 is 5.59. The van der Waals surface area contributed by atoms with E-state index in [0.29, 0.717) is 5.75 Å². The van der Waals surface area contributed by atoms with Gasteiger partial charge in [-0.25, -0.2) is 0 Å². The zero-order valence-corrected chi connectivity index (χ0v) is 16.5. The molecule has 0 atom stereocenters. The maximum atomic E-state index is 12.1. The molecule has 0 bridgehead atoms. The van der Waals surface area contributed by atoms with Gasteiger partial charge in [-0.1, -0.05) is 51.1 Å². The molecule has 0 fully saturated rings. The van der Waals surface area contributed by atoms with Crippen molar-refractivity contribution in [2.45, 2.75) is 26.2 Å². The van der Waals surface area contributed by atoms with Gasteiger partial charge in [-0.2, -0.15) is 0 Å². The minimum absolute atomic E-state index is 0.0289. The van der Waals surface area contributed by atoms with Crippen LogP contribution in [-0.2, 0) is 10.2 Å². The highest BCUT2D eigenvalue weighted by atomic mass is 16.5. The van der Waals surface area contributed by atoms with Crippen molar-refractivity contribution >= 4 is 23.0 Å². The molecular formula is C24H26N2O2. The lowest BCUT2D eigenvalue weighted by atomic mass is 9.87. The Hall–Kier alpha value is -3.27. The molecule has 1 amide bonds. The molecule has 3 aromatic carbocycles. The molecule has 4 heteroatoms. The molecule has 0 saturated heterocycles. The van der Waals surface area contributed by atoms with Crippen molar-refractivity contribution in [2.24, 2.45) is 0 Å². The fourth-order valence-corrected chi connectivity index (χ4v) is 2.72. The fourth-order valence-electron chi connectivity index (χ4n) is 2.72. The van der Waals surface area contributed by atoms with Crippen molar-refractivity contribution < 1.29 is 9.53 Å². The van der Waals surface area contributed by atoms with E-state index >= 15 is 0 Å². The summed E-state index contributed by atoms with van der Waals surface area (Å²) in [7, 11) is 0. The van der Waals surface area contributed by atoms with E-state index in [4.69, 9.17) is 4.74 Å². The van der Waals surface area contributed by atoms with Crippen LogP contribution in [0.4, 0.5) is 17.1 Å². The van der Waals surface area contributed by atoms with Crippen LogP contribution in [0.25, 0.3) is 0 Å². The lowest BCUT2D eigenvalue weighted by Crippen LogP contribution is -2.20. The normalized spacial score (nSPS) is 11.0. The number of carbonyl (C=O) groups is 1. The molecule has 4 nitrogen and oxygen atoms in total. The summed E-state index contributed by atoms with van der Waals surface area (Å²) in [5.41, 5.74) is 4.03. The first-order valence-corrected chi connectivity index (χ1v) is 9.35. The number of benzene rings is 3. The number of anilines is 3. The lowest BCUT2D eigenvalue weighted by Gasteiger charge is -2.19. The van der Waals surface area contributed by atoms with Gasteiger partial charge in [0.15, 0.2) is 6.61 Å². The van der Waals surface area contributed by atoms with Crippen LogP contribution in [0.5, 0.6) is 5.75 Å². The van der Waals surface area contributed by atoms with Gasteiger partial charge in [-0.3, -0.25) is 4.79 Å². The number of amides is 1. The first-order chi connectivity index (χ1) is 13.4. The van der Waals surface area contributed by atoms with Gasteiger partial charge in [0.25, 0.3) is 5.91 Å². The molecule has 144 valence electrons. The first-order valence-electron chi connectivity index (χ1n) is 9.35. The maximum absolute atomic E-state index is 12.1. The van der Waals surface area contributed by atoms with Gasteiger partial charge in [0, 0.05) is 17.1 Å². The number of para-hydroxylation sites is 1. The van der Waals surface area contributed by atoms with Crippen molar-refractivity contribution in [1.29, 1.82) is 0 Å². The molecule has 3 rings (SSSR count). The van der Waals surface area contributed by atoms with Crippen LogP contribution < -0.4 is 15.4 Å². The zero-order chi connectivity index (χ0) is 20.0. The number of nitrogens with one attached hydrogen (secondary N) is 2. The van der Waals surface area contributed by atoms with E-state index in [-0.39, 0.29) is 17.9 Å². The fraction of sp³-hybridized carbons (Fsp3) is 0.208. The molecule has 0 radical (unpaired) electrons. The average Bonchev–Trinajstić information content (AvgIpc) is 2.68. The van der Waals surface area contributed by atoms with Gasteiger partial charge < -0.3 is 15.4 Å². The van der Waals surface area contributed by atoms with E-state index in [1.165, 1.54) is 5.56 Å². The molecule has 0 spiro atoms. The summed E-state index contributed by atoms with van der Waals surface area (Å²) in [6.45, 7) is 6.46. The second-order valence-corrected chi connectivity index (χ2v) is 7.68. The quantitative estimate of drug-likeness (QED) is 0.578. The highest BCUT2D eigenvalue weighted by molar-refractivity contribution is 5.92. The molecule has 0 heterocycles. The van der Waals surface area contributed by atoms with Crippen molar-refractivity contribution in [3.05, 3.63) is 84.4 Å². The van der Waals surface area contributed by atoms with Gasteiger partial charge in [-0.15, -0.1) is 0 Å². The van der Waals surface area contributed by atoms with Crippen LogP contribution in [0, 0.1) is 0 Å². The molecular weight excluding hydrogens is 348 g/mol. The van der Waals surface area contributed by atoms with Crippen molar-refractivity contribution in [1.82, 2.24) is 0 Å². The van der Waals surface area contributed by atoms with Gasteiger partial charge in [0.1, 0.15) is 5.75 Å². The van der Waals surface area contributed by atoms with Crippen LogP contribution >= 0.6 is 0 Å². The Morgan fingerprint density at radius 2 is 1.36 bits per heavy atom. The molecule has 0 aliphatic carbocycles. The third kappa shape index (κ3) is 5.61. The van der Waals surface area contributed by atoms with Crippen molar-refractivity contribution in [3.63, 3.8) is 0 Å². The Labute approximate surface area is 166 Å². The standard InChI is InChI=1S/C24H26N2O2/c1-24(2,3)18-9-15-22(16-10-18)28-17-23(27)26-21-13-11-20(12-14-21)25-19-7-5-4-6-8-19/h4-16,25H,17H2,1-3H3,(H,26,27). The predicted molar refractivity (Wildman–Crippen MR) is 115 cm³/mol. The van der Waals surface area contributed by atoms with Crippen LogP contribution in [0.1, 0.15) is 26.3 Å². The van der Waals surface area contributed by atoms with Crippen molar-refractivity contribution in [3.8, 4) is 5.75 Å². The lowest BCUT2D eigenvalue weighted by molar-refractivity contribution is -0.118. The topological polar surface area (TPSA) is 50.4 Å². The molecule has 0 saturated carbocycles. The second kappa shape index (κ2) is 8.61. The van der Waals surface area contributed by atoms with E-state index < -0.39 is 0 Å². The monoisotopic (exact) mass is 374 g/mol. The van der Waals surface area contributed by atoms with Gasteiger partial charge in [-0.05, 0) is 59.5 Å². The summed E-state index contributed by atoms with van der Waals surface area (Å²) in [5, 5.41) is 6.16. The third-order valence-corrected chi connectivity index (χ3v) is 4.32. The van der Waals surface area contributed by atoms with Gasteiger partial charge in [0.05, 0.1) is 0 Å².